The molecular weight excluding hydrogens is 188 g/mol. The van der Waals surface area contributed by atoms with Crippen molar-refractivity contribution in [3.05, 3.63) is 16.1 Å². The van der Waals surface area contributed by atoms with Crippen LogP contribution in [0.5, 0.6) is 0 Å². The molecule has 1 aromatic rings. The van der Waals surface area contributed by atoms with Crippen LogP contribution in [0.25, 0.3) is 0 Å². The van der Waals surface area contributed by atoms with Crippen LogP contribution in [0.3, 0.4) is 0 Å². The van der Waals surface area contributed by atoms with E-state index in [1.807, 2.05) is 12.3 Å². The van der Waals surface area contributed by atoms with Crippen LogP contribution in [0.2, 0.25) is 0 Å². The van der Waals surface area contributed by atoms with E-state index in [9.17, 15) is 4.79 Å². The standard InChI is InChI=1S/C8H12N2O2S/c1-6-10-7(5-13-6)3-9-4-8(11)12-2/h5,9H,3-4H2,1-2H3. The summed E-state index contributed by atoms with van der Waals surface area (Å²) in [6, 6.07) is 0. The lowest BCUT2D eigenvalue weighted by Gasteiger charge is -1.99. The minimum absolute atomic E-state index is 0.229. The number of carbonyl (C=O) groups excluding carboxylic acids is 1. The molecule has 0 aromatic carbocycles. The number of methoxy groups -OCH3 is 1. The zero-order valence-electron chi connectivity index (χ0n) is 7.66. The Labute approximate surface area is 80.9 Å². The van der Waals surface area contributed by atoms with Gasteiger partial charge in [0.25, 0.3) is 0 Å². The second-order valence-corrected chi connectivity index (χ2v) is 3.60. The molecule has 13 heavy (non-hydrogen) atoms. The van der Waals surface area contributed by atoms with E-state index in [4.69, 9.17) is 0 Å². The van der Waals surface area contributed by atoms with Gasteiger partial charge in [0.1, 0.15) is 0 Å². The number of ether oxygens (including phenoxy) is 1. The highest BCUT2D eigenvalue weighted by Gasteiger charge is 2.00. The summed E-state index contributed by atoms with van der Waals surface area (Å²) in [5, 5.41) is 5.94. The molecule has 1 aromatic heterocycles. The van der Waals surface area contributed by atoms with E-state index in [2.05, 4.69) is 15.0 Å². The van der Waals surface area contributed by atoms with E-state index in [0.717, 1.165) is 10.7 Å². The van der Waals surface area contributed by atoms with Crippen LogP contribution in [0.1, 0.15) is 10.7 Å². The molecule has 0 aliphatic heterocycles. The lowest BCUT2D eigenvalue weighted by Crippen LogP contribution is -2.23. The number of carbonyl (C=O) groups is 1. The van der Waals surface area contributed by atoms with Gasteiger partial charge in [-0.25, -0.2) is 4.98 Å². The van der Waals surface area contributed by atoms with Gasteiger partial charge >= 0.3 is 5.97 Å². The van der Waals surface area contributed by atoms with Gasteiger partial charge in [-0.15, -0.1) is 11.3 Å². The fourth-order valence-corrected chi connectivity index (χ4v) is 1.47. The second kappa shape index (κ2) is 4.94. The van der Waals surface area contributed by atoms with Gasteiger partial charge in [-0.3, -0.25) is 4.79 Å². The number of aromatic nitrogens is 1. The SMILES string of the molecule is COC(=O)CNCc1csc(C)n1. The van der Waals surface area contributed by atoms with E-state index >= 15 is 0 Å². The van der Waals surface area contributed by atoms with E-state index in [-0.39, 0.29) is 12.5 Å². The Kier molecular flexibility index (Phi) is 3.85. The van der Waals surface area contributed by atoms with E-state index in [1.54, 1.807) is 11.3 Å². The number of aryl methyl sites for hydroxylation is 1. The third-order valence-corrected chi connectivity index (χ3v) is 2.29. The topological polar surface area (TPSA) is 51.2 Å². The summed E-state index contributed by atoms with van der Waals surface area (Å²) in [6.45, 7) is 2.79. The molecule has 5 heteroatoms. The number of nitrogens with one attached hydrogen (secondary N) is 1. The van der Waals surface area contributed by atoms with Crippen LogP contribution < -0.4 is 5.32 Å². The van der Waals surface area contributed by atoms with E-state index < -0.39 is 0 Å². The number of thiazole rings is 1. The third-order valence-electron chi connectivity index (χ3n) is 1.47. The smallest absolute Gasteiger partial charge is 0.319 e. The fraction of sp³-hybridized carbons (Fsp3) is 0.500. The molecule has 0 saturated carbocycles. The Balaban J connectivity index is 2.24. The summed E-state index contributed by atoms with van der Waals surface area (Å²) in [5.41, 5.74) is 0.964. The maximum atomic E-state index is 10.7. The van der Waals surface area contributed by atoms with Crippen molar-refractivity contribution >= 4 is 17.3 Å². The summed E-state index contributed by atoms with van der Waals surface area (Å²) in [5.74, 6) is -0.257. The monoisotopic (exact) mass is 200 g/mol. The Morgan fingerprint density at radius 1 is 1.77 bits per heavy atom. The number of hydrogen-bond acceptors (Lipinski definition) is 5. The number of nitrogens with zero attached hydrogens (tertiary/aromatic N) is 1. The minimum atomic E-state index is -0.257. The van der Waals surface area contributed by atoms with Crippen molar-refractivity contribution in [1.29, 1.82) is 0 Å². The maximum absolute atomic E-state index is 10.7. The van der Waals surface area contributed by atoms with Crippen LogP contribution in [0, 0.1) is 6.92 Å². The fourth-order valence-electron chi connectivity index (χ4n) is 0.854. The molecule has 1 N–H and O–H groups in total. The molecule has 1 rings (SSSR count). The molecule has 0 unspecified atom stereocenters. The van der Waals surface area contributed by atoms with E-state index in [1.165, 1.54) is 7.11 Å². The van der Waals surface area contributed by atoms with Crippen LogP contribution in [-0.2, 0) is 16.1 Å². The summed E-state index contributed by atoms with van der Waals surface area (Å²) < 4.78 is 4.47. The lowest BCUT2D eigenvalue weighted by molar-refractivity contribution is -0.139. The molecule has 0 spiro atoms. The molecule has 0 bridgehead atoms. The molecule has 0 saturated heterocycles. The van der Waals surface area contributed by atoms with Gasteiger partial charge in [0, 0.05) is 11.9 Å². The van der Waals surface area contributed by atoms with Crippen molar-refractivity contribution in [2.45, 2.75) is 13.5 Å². The molecule has 0 fully saturated rings. The van der Waals surface area contributed by atoms with Crippen molar-refractivity contribution in [3.63, 3.8) is 0 Å². The predicted molar refractivity (Wildman–Crippen MR) is 50.6 cm³/mol. The Morgan fingerprint density at radius 2 is 2.54 bits per heavy atom. The first-order valence-corrected chi connectivity index (χ1v) is 4.79. The van der Waals surface area contributed by atoms with Crippen LogP contribution in [0.4, 0.5) is 0 Å². The average molecular weight is 200 g/mol. The number of esters is 1. The summed E-state index contributed by atoms with van der Waals surface area (Å²) >= 11 is 1.60. The van der Waals surface area contributed by atoms with Crippen LogP contribution in [-0.4, -0.2) is 24.6 Å². The van der Waals surface area contributed by atoms with Gasteiger partial charge in [0.2, 0.25) is 0 Å². The summed E-state index contributed by atoms with van der Waals surface area (Å²) in [4.78, 5) is 14.9. The first-order valence-electron chi connectivity index (χ1n) is 3.91. The Hall–Kier alpha value is -0.940. The zero-order valence-corrected chi connectivity index (χ0v) is 8.48. The molecule has 0 radical (unpaired) electrons. The van der Waals surface area contributed by atoms with E-state index in [0.29, 0.717) is 6.54 Å². The predicted octanol–water partition coefficient (Wildman–Crippen LogP) is 0.714. The van der Waals surface area contributed by atoms with Gasteiger partial charge in [-0.2, -0.15) is 0 Å². The van der Waals surface area contributed by atoms with Crippen molar-refractivity contribution in [2.24, 2.45) is 0 Å². The highest BCUT2D eigenvalue weighted by atomic mass is 32.1. The van der Waals surface area contributed by atoms with Gasteiger partial charge in [0.15, 0.2) is 0 Å². The van der Waals surface area contributed by atoms with Crippen molar-refractivity contribution in [3.8, 4) is 0 Å². The highest BCUT2D eigenvalue weighted by molar-refractivity contribution is 7.09. The van der Waals surface area contributed by atoms with Crippen LogP contribution >= 0.6 is 11.3 Å². The minimum Gasteiger partial charge on any atom is -0.468 e. The quantitative estimate of drug-likeness (QED) is 0.727. The van der Waals surface area contributed by atoms with Crippen molar-refractivity contribution < 1.29 is 9.53 Å². The number of rotatable bonds is 4. The average Bonchev–Trinajstić information content (AvgIpc) is 2.51. The van der Waals surface area contributed by atoms with Gasteiger partial charge in [-0.05, 0) is 6.92 Å². The van der Waals surface area contributed by atoms with Crippen molar-refractivity contribution in [2.75, 3.05) is 13.7 Å². The van der Waals surface area contributed by atoms with Gasteiger partial charge < -0.3 is 10.1 Å². The first-order chi connectivity index (χ1) is 6.22. The number of hydrogen-bond donors (Lipinski definition) is 1. The Morgan fingerprint density at radius 3 is 3.08 bits per heavy atom. The normalized spacial score (nSPS) is 10.0. The largest absolute Gasteiger partial charge is 0.468 e. The molecular formula is C8H12N2O2S. The molecule has 0 amide bonds. The molecule has 1 heterocycles. The molecule has 0 aliphatic rings. The molecule has 0 aliphatic carbocycles. The molecule has 4 nitrogen and oxygen atoms in total. The van der Waals surface area contributed by atoms with Crippen molar-refractivity contribution in [1.82, 2.24) is 10.3 Å². The molecule has 0 atom stereocenters. The zero-order chi connectivity index (χ0) is 9.68. The van der Waals surface area contributed by atoms with Gasteiger partial charge in [-0.1, -0.05) is 0 Å². The highest BCUT2D eigenvalue weighted by Crippen LogP contribution is 2.06. The first kappa shape index (κ1) is 10.1. The third kappa shape index (κ3) is 3.52. The lowest BCUT2D eigenvalue weighted by atomic mass is 10.5. The molecule has 72 valence electrons. The van der Waals surface area contributed by atoms with Crippen LogP contribution in [0.15, 0.2) is 5.38 Å². The summed E-state index contributed by atoms with van der Waals surface area (Å²) in [7, 11) is 1.37. The Bertz CT molecular complexity index is 285. The maximum Gasteiger partial charge on any atom is 0.319 e. The van der Waals surface area contributed by atoms with Gasteiger partial charge in [0.05, 0.1) is 24.4 Å². The second-order valence-electron chi connectivity index (χ2n) is 2.54. The summed E-state index contributed by atoms with van der Waals surface area (Å²) in [6.07, 6.45) is 0.